The van der Waals surface area contributed by atoms with Gasteiger partial charge in [-0.05, 0) is 25.7 Å². The van der Waals surface area contributed by atoms with Gasteiger partial charge in [-0.15, -0.1) is 23.5 Å². The van der Waals surface area contributed by atoms with Crippen LogP contribution in [0.3, 0.4) is 0 Å². The fraction of sp³-hybridized carbons (Fsp3) is 0.528. The Kier molecular flexibility index (Phi) is 20.6. The second kappa shape index (κ2) is 25.2. The van der Waals surface area contributed by atoms with Gasteiger partial charge in [-0.25, -0.2) is 9.97 Å². The molecule has 0 aliphatic heterocycles. The summed E-state index contributed by atoms with van der Waals surface area (Å²) in [4.78, 5) is 127. The van der Waals surface area contributed by atoms with Gasteiger partial charge in [0.15, 0.2) is 0 Å². The van der Waals surface area contributed by atoms with E-state index in [1.807, 2.05) is 0 Å². The quantitative estimate of drug-likeness (QED) is 0.0515. The van der Waals surface area contributed by atoms with E-state index in [0.29, 0.717) is 6.42 Å². The highest BCUT2D eigenvalue weighted by Crippen LogP contribution is 2.48. The minimum atomic E-state index is -1.45. The van der Waals surface area contributed by atoms with Crippen LogP contribution < -0.4 is 32.7 Å². The molecule has 344 valence electrons. The molecular weight excluding hydrogens is 883 g/mol. The summed E-state index contributed by atoms with van der Waals surface area (Å²) in [7, 11) is 0. The zero-order valence-corrected chi connectivity index (χ0v) is 34.8. The zero-order valence-electron chi connectivity index (χ0n) is 33.2. The van der Waals surface area contributed by atoms with Crippen LogP contribution >= 0.6 is 23.5 Å². The molecular formula is C36H46F2N10O13S2. The van der Waals surface area contributed by atoms with Crippen molar-refractivity contribution >= 4 is 76.8 Å². The summed E-state index contributed by atoms with van der Waals surface area (Å²) in [6, 6.07) is -5.70. The summed E-state index contributed by atoms with van der Waals surface area (Å²) in [5.41, 5.74) is 11.2. The van der Waals surface area contributed by atoms with Crippen molar-refractivity contribution in [2.24, 2.45) is 23.3 Å². The van der Waals surface area contributed by atoms with Crippen molar-refractivity contribution in [1.29, 1.82) is 0 Å². The number of Topliss-reactive ketones (excluding diaryl/α,β-unsaturated/α-hetero) is 1. The number of thioether (sulfide) groups is 2. The van der Waals surface area contributed by atoms with Gasteiger partial charge >= 0.3 is 23.9 Å². The molecule has 4 amide bonds. The molecule has 1 fully saturated rings. The number of aliphatic carboxylic acids is 4. The second-order valence-electron chi connectivity index (χ2n) is 14.0. The average Bonchev–Trinajstić information content (AvgIpc) is 3.23. The molecule has 1 aliphatic carbocycles. The van der Waals surface area contributed by atoms with Gasteiger partial charge in [-0.2, -0.15) is 8.78 Å². The molecule has 0 spiro atoms. The summed E-state index contributed by atoms with van der Waals surface area (Å²) in [5, 5.41) is 43.6. The number of carbonyl (C=O) groups excluding carboxylic acids is 5. The largest absolute Gasteiger partial charge is 0.480 e. The van der Waals surface area contributed by atoms with Crippen molar-refractivity contribution < 1.29 is 72.4 Å². The molecule has 2 aromatic heterocycles. The minimum Gasteiger partial charge on any atom is -0.480 e. The highest BCUT2D eigenvalue weighted by molar-refractivity contribution is 7.99. The number of hydrogen-bond acceptors (Lipinski definition) is 17. The number of nitrogens with zero attached hydrogens (tertiary/aromatic N) is 4. The highest BCUT2D eigenvalue weighted by atomic mass is 32.2. The number of carboxylic acids is 4. The second-order valence-corrected chi connectivity index (χ2v) is 16.4. The van der Waals surface area contributed by atoms with Crippen LogP contribution in [0.5, 0.6) is 0 Å². The Morgan fingerprint density at radius 3 is 1.35 bits per heavy atom. The number of rotatable bonds is 26. The SMILES string of the molecule is NC(CCC(=O)NC(CSC(c1cnc(F)cn1)C1CCCC(C(SCC(NC(=O)CCC(N)C(=O)O)C(=O)NCC(=O)O)c2cnc(F)cn2)C1=O)C(=O)NCC(=O)O)C(=O)O. The predicted molar refractivity (Wildman–Crippen MR) is 215 cm³/mol. The first-order chi connectivity index (χ1) is 29.8. The molecule has 0 radical (unpaired) electrons. The van der Waals surface area contributed by atoms with Gasteiger partial charge in [0.1, 0.15) is 43.0 Å². The molecule has 0 bridgehead atoms. The van der Waals surface area contributed by atoms with Gasteiger partial charge in [0, 0.05) is 36.2 Å². The Morgan fingerprint density at radius 1 is 0.651 bits per heavy atom. The maximum atomic E-state index is 14.7. The van der Waals surface area contributed by atoms with E-state index in [9.17, 15) is 51.9 Å². The Labute approximate surface area is 365 Å². The minimum absolute atomic E-state index is 0.0788. The van der Waals surface area contributed by atoms with E-state index in [1.54, 1.807) is 0 Å². The predicted octanol–water partition coefficient (Wildman–Crippen LogP) is -1.47. The number of halogens is 2. The van der Waals surface area contributed by atoms with Crippen LogP contribution in [0.15, 0.2) is 24.8 Å². The summed E-state index contributed by atoms with van der Waals surface area (Å²) < 4.78 is 28.1. The summed E-state index contributed by atoms with van der Waals surface area (Å²) in [6.07, 6.45) is 3.02. The van der Waals surface area contributed by atoms with Crippen molar-refractivity contribution in [1.82, 2.24) is 41.2 Å². The van der Waals surface area contributed by atoms with E-state index in [0.717, 1.165) is 48.3 Å². The first kappa shape index (κ1) is 51.4. The van der Waals surface area contributed by atoms with E-state index in [2.05, 4.69) is 41.2 Å². The Balaban J connectivity index is 1.97. The van der Waals surface area contributed by atoms with Crippen LogP contribution in [0.4, 0.5) is 8.78 Å². The molecule has 0 aromatic carbocycles. The van der Waals surface area contributed by atoms with E-state index >= 15 is 0 Å². The maximum absolute atomic E-state index is 14.7. The van der Waals surface area contributed by atoms with Crippen molar-refractivity contribution in [3.63, 3.8) is 0 Å². The van der Waals surface area contributed by atoms with Gasteiger partial charge < -0.3 is 53.2 Å². The number of aromatic nitrogens is 4. The third-order valence-corrected chi connectivity index (χ3v) is 12.3. The normalized spacial score (nSPS) is 17.7. The number of ketones is 1. The number of nitrogens with one attached hydrogen (secondary N) is 4. The van der Waals surface area contributed by atoms with Gasteiger partial charge in [0.25, 0.3) is 0 Å². The molecule has 3 rings (SSSR count). The molecule has 1 saturated carbocycles. The van der Waals surface area contributed by atoms with Crippen molar-refractivity contribution in [3.05, 3.63) is 48.1 Å². The molecule has 63 heavy (non-hydrogen) atoms. The van der Waals surface area contributed by atoms with Crippen molar-refractivity contribution in [3.8, 4) is 0 Å². The Bertz CT molecular complexity index is 1840. The maximum Gasteiger partial charge on any atom is 0.322 e. The molecule has 2 heterocycles. The van der Waals surface area contributed by atoms with Crippen LogP contribution in [0.1, 0.15) is 66.8 Å². The van der Waals surface area contributed by atoms with E-state index in [-0.39, 0.29) is 48.6 Å². The lowest BCUT2D eigenvalue weighted by molar-refractivity contribution is -0.140. The smallest absolute Gasteiger partial charge is 0.322 e. The molecule has 23 nitrogen and oxygen atoms in total. The number of carbonyl (C=O) groups is 9. The first-order valence-electron chi connectivity index (χ1n) is 19.0. The summed E-state index contributed by atoms with van der Waals surface area (Å²) >= 11 is 1.85. The van der Waals surface area contributed by atoms with Crippen LogP contribution in [-0.4, -0.2) is 142 Å². The monoisotopic (exact) mass is 928 g/mol. The summed E-state index contributed by atoms with van der Waals surface area (Å²) in [5.74, 6) is -14.0. The fourth-order valence-electron chi connectivity index (χ4n) is 6.16. The first-order valence-corrected chi connectivity index (χ1v) is 21.1. The molecule has 1 aliphatic rings. The molecule has 2 aromatic rings. The molecule has 0 saturated heterocycles. The van der Waals surface area contributed by atoms with Crippen LogP contribution in [0, 0.1) is 23.7 Å². The van der Waals surface area contributed by atoms with Crippen molar-refractivity contribution in [2.45, 2.75) is 79.6 Å². The topological polar surface area (TPSA) is 386 Å². The lowest BCUT2D eigenvalue weighted by Crippen LogP contribution is -2.50. The average molecular weight is 929 g/mol. The zero-order chi connectivity index (χ0) is 46.8. The summed E-state index contributed by atoms with van der Waals surface area (Å²) in [6.45, 7) is -1.66. The van der Waals surface area contributed by atoms with E-state index in [1.165, 1.54) is 0 Å². The third kappa shape index (κ3) is 17.0. The van der Waals surface area contributed by atoms with E-state index < -0.39 is 138 Å². The van der Waals surface area contributed by atoms with Gasteiger partial charge in [0.2, 0.25) is 35.5 Å². The molecule has 8 unspecified atom stereocenters. The fourth-order valence-corrected chi connectivity index (χ4v) is 9.02. The third-order valence-electron chi connectivity index (χ3n) is 9.37. The molecule has 8 atom stereocenters. The van der Waals surface area contributed by atoms with Gasteiger partial charge in [-0.1, -0.05) is 6.42 Å². The van der Waals surface area contributed by atoms with E-state index in [4.69, 9.17) is 31.9 Å². The molecule has 27 heteroatoms. The van der Waals surface area contributed by atoms with Crippen LogP contribution in [-0.2, 0) is 43.2 Å². The number of amides is 4. The number of carboxylic acid groups (broad SMARTS) is 4. The van der Waals surface area contributed by atoms with Gasteiger partial charge in [0.05, 0.1) is 46.7 Å². The number of nitrogens with two attached hydrogens (primary N) is 2. The lowest BCUT2D eigenvalue weighted by Gasteiger charge is -2.36. The van der Waals surface area contributed by atoms with Crippen molar-refractivity contribution in [2.75, 3.05) is 24.6 Å². The Morgan fingerprint density at radius 2 is 1.03 bits per heavy atom. The standard InChI is InChI=1S/C36H46F2N10O13S2/c37-24-10-41-20(8-43-24)31(62-14-22(33(56)45-12-28(51)52)47-26(49)6-4-18(39)35(58)59)16-2-1-3-17(30(16)55)32(21-9-44-25(38)11-42-21)63-15-23(34(57)46-13-29(53)54)48-27(50)7-5-19(40)36(60)61/h8-11,16-19,22-23,31-32H,1-7,12-15,39-40H2,(H,45,56)(H,46,57)(H,47,49)(H,48,50)(H,51,52)(H,53,54)(H,58,59)(H,60,61). The Hall–Kier alpha value is -5.93. The lowest BCUT2D eigenvalue weighted by atomic mass is 9.76. The van der Waals surface area contributed by atoms with Gasteiger partial charge in [-0.3, -0.25) is 53.1 Å². The molecule has 12 N–H and O–H groups in total. The van der Waals surface area contributed by atoms with Crippen LogP contribution in [0.2, 0.25) is 0 Å². The number of hydrogen-bond donors (Lipinski definition) is 10. The highest BCUT2D eigenvalue weighted by Gasteiger charge is 2.43. The van der Waals surface area contributed by atoms with Crippen LogP contribution in [0.25, 0.3) is 0 Å².